The molecule has 3 aromatic carbocycles. The number of ether oxygens (including phenoxy) is 1. The monoisotopic (exact) mass is 570 g/mol. The van der Waals surface area contributed by atoms with Crippen LogP contribution >= 0.6 is 11.6 Å². The Labute approximate surface area is 243 Å². The van der Waals surface area contributed by atoms with Gasteiger partial charge in [-0.2, -0.15) is 15.0 Å². The van der Waals surface area contributed by atoms with E-state index in [0.29, 0.717) is 67.4 Å². The third kappa shape index (κ3) is 7.70. The number of halogens is 1. The molecule has 4 aromatic rings. The summed E-state index contributed by atoms with van der Waals surface area (Å²) >= 11 is 6.01. The first kappa shape index (κ1) is 27.9. The normalized spacial score (nSPS) is 13.0. The Morgan fingerprint density at radius 1 is 0.878 bits per heavy atom. The van der Waals surface area contributed by atoms with Crippen LogP contribution in [-0.2, 0) is 13.2 Å². The average Bonchev–Trinajstić information content (AvgIpc) is 3.00. The van der Waals surface area contributed by atoms with Crippen molar-refractivity contribution in [1.82, 2.24) is 24.8 Å². The zero-order valence-corrected chi connectivity index (χ0v) is 23.4. The number of hydrogen-bond donors (Lipinski definition) is 3. The number of nitrogens with zero attached hydrogens (tertiary/aromatic N) is 5. The number of piperazine rings is 1. The van der Waals surface area contributed by atoms with Gasteiger partial charge in [-0.15, -0.1) is 0 Å². The summed E-state index contributed by atoms with van der Waals surface area (Å²) in [5.74, 6) is 1.09. The van der Waals surface area contributed by atoms with Gasteiger partial charge in [0.05, 0.1) is 5.84 Å². The van der Waals surface area contributed by atoms with Gasteiger partial charge in [0.1, 0.15) is 6.61 Å². The molecule has 210 valence electrons. The second-order valence-electron chi connectivity index (χ2n) is 9.59. The van der Waals surface area contributed by atoms with Crippen molar-refractivity contribution >= 4 is 40.9 Å². The molecule has 1 fully saturated rings. The molecule has 0 radical (unpaired) electrons. The Morgan fingerprint density at radius 2 is 1.59 bits per heavy atom. The van der Waals surface area contributed by atoms with Crippen LogP contribution in [-0.4, -0.2) is 62.7 Å². The molecule has 11 heteroatoms. The first-order valence-electron chi connectivity index (χ1n) is 13.3. The molecule has 2 heterocycles. The summed E-state index contributed by atoms with van der Waals surface area (Å²) in [7, 11) is 0. The molecule has 1 amide bonds. The van der Waals surface area contributed by atoms with E-state index in [1.807, 2.05) is 76.5 Å². The summed E-state index contributed by atoms with van der Waals surface area (Å²) in [5.41, 5.74) is 3.22. The highest BCUT2D eigenvalue weighted by Crippen LogP contribution is 2.21. The van der Waals surface area contributed by atoms with E-state index in [4.69, 9.17) is 21.7 Å². The first-order valence-corrected chi connectivity index (χ1v) is 13.7. The summed E-state index contributed by atoms with van der Waals surface area (Å²) in [5, 5.41) is 14.9. The molecule has 0 atom stereocenters. The van der Waals surface area contributed by atoms with Crippen LogP contribution in [0.1, 0.15) is 28.4 Å². The molecule has 0 spiro atoms. The Morgan fingerprint density at radius 3 is 2.32 bits per heavy atom. The van der Waals surface area contributed by atoms with Crippen LogP contribution in [0.25, 0.3) is 0 Å². The summed E-state index contributed by atoms with van der Waals surface area (Å²) in [6, 6.07) is 24.7. The fourth-order valence-electron chi connectivity index (χ4n) is 4.35. The van der Waals surface area contributed by atoms with Crippen LogP contribution in [0, 0.1) is 5.41 Å². The SMILES string of the molecule is CC(=N)N1CCN(C(=O)c2cccc(Nc3nc(NCc4ccc(Cl)cc4)nc(OCc4ccccc4)n3)c2)CC1. The Bertz CT molecular complexity index is 1490. The summed E-state index contributed by atoms with van der Waals surface area (Å²) in [6.45, 7) is 5.01. The van der Waals surface area contributed by atoms with Crippen molar-refractivity contribution in [3.63, 3.8) is 0 Å². The minimum absolute atomic E-state index is 0.0521. The molecular weight excluding hydrogens is 540 g/mol. The number of aromatic nitrogens is 3. The smallest absolute Gasteiger partial charge is 0.323 e. The third-order valence-corrected chi connectivity index (χ3v) is 6.85. The lowest BCUT2D eigenvalue weighted by atomic mass is 10.1. The van der Waals surface area contributed by atoms with E-state index in [9.17, 15) is 4.79 Å². The van der Waals surface area contributed by atoms with Crippen LogP contribution in [0.2, 0.25) is 5.02 Å². The van der Waals surface area contributed by atoms with E-state index in [2.05, 4.69) is 25.6 Å². The van der Waals surface area contributed by atoms with Gasteiger partial charge in [-0.05, 0) is 48.4 Å². The topological polar surface area (TPSA) is 119 Å². The molecule has 5 rings (SSSR count). The molecule has 1 aliphatic rings. The number of rotatable bonds is 9. The largest absolute Gasteiger partial charge is 0.458 e. The molecule has 1 aromatic heterocycles. The van der Waals surface area contributed by atoms with Crippen LogP contribution < -0.4 is 15.4 Å². The third-order valence-electron chi connectivity index (χ3n) is 6.60. The Balaban J connectivity index is 1.31. The van der Waals surface area contributed by atoms with Gasteiger partial charge in [-0.25, -0.2) is 0 Å². The summed E-state index contributed by atoms with van der Waals surface area (Å²) < 4.78 is 5.91. The van der Waals surface area contributed by atoms with Crippen LogP contribution in [0.5, 0.6) is 6.01 Å². The predicted molar refractivity (Wildman–Crippen MR) is 160 cm³/mol. The van der Waals surface area contributed by atoms with Gasteiger partial charge in [-0.1, -0.05) is 60.1 Å². The van der Waals surface area contributed by atoms with Gasteiger partial charge in [0.2, 0.25) is 11.9 Å². The van der Waals surface area contributed by atoms with Crippen LogP contribution in [0.3, 0.4) is 0 Å². The van der Waals surface area contributed by atoms with Crippen LogP contribution in [0.15, 0.2) is 78.9 Å². The van der Waals surface area contributed by atoms with Crippen LogP contribution in [0.4, 0.5) is 17.6 Å². The molecule has 0 aliphatic carbocycles. The van der Waals surface area contributed by atoms with E-state index < -0.39 is 0 Å². The number of carbonyl (C=O) groups excluding carboxylic acids is 1. The molecule has 0 unspecified atom stereocenters. The summed E-state index contributed by atoms with van der Waals surface area (Å²) in [6.07, 6.45) is 0. The number of nitrogens with one attached hydrogen (secondary N) is 3. The minimum Gasteiger partial charge on any atom is -0.458 e. The van der Waals surface area contributed by atoms with Gasteiger partial charge in [0.15, 0.2) is 0 Å². The van der Waals surface area contributed by atoms with Crippen molar-refractivity contribution < 1.29 is 9.53 Å². The predicted octanol–water partition coefficient (Wildman–Crippen LogP) is 5.21. The second kappa shape index (κ2) is 13.1. The number of carbonyl (C=O) groups is 1. The van der Waals surface area contributed by atoms with Crippen molar-refractivity contribution in [2.24, 2.45) is 0 Å². The number of hydrogen-bond acceptors (Lipinski definition) is 8. The summed E-state index contributed by atoms with van der Waals surface area (Å²) in [4.78, 5) is 30.4. The maximum Gasteiger partial charge on any atom is 0.323 e. The Kier molecular flexibility index (Phi) is 8.90. The molecule has 0 bridgehead atoms. The molecule has 3 N–H and O–H groups in total. The highest BCUT2D eigenvalue weighted by Gasteiger charge is 2.22. The lowest BCUT2D eigenvalue weighted by molar-refractivity contribution is 0.0691. The van der Waals surface area contributed by atoms with E-state index in [1.54, 1.807) is 19.1 Å². The molecule has 0 saturated carbocycles. The average molecular weight is 571 g/mol. The number of amides is 1. The highest BCUT2D eigenvalue weighted by atomic mass is 35.5. The maximum absolute atomic E-state index is 13.2. The maximum atomic E-state index is 13.2. The van der Waals surface area contributed by atoms with Crippen molar-refractivity contribution in [3.05, 3.63) is 101 Å². The zero-order chi connectivity index (χ0) is 28.6. The van der Waals surface area contributed by atoms with Crippen molar-refractivity contribution in [2.45, 2.75) is 20.1 Å². The van der Waals surface area contributed by atoms with Crippen molar-refractivity contribution in [1.29, 1.82) is 5.41 Å². The molecule has 1 saturated heterocycles. The molecular formula is C30H31ClN8O2. The van der Waals surface area contributed by atoms with Gasteiger partial charge in [0, 0.05) is 49.0 Å². The van der Waals surface area contributed by atoms with Gasteiger partial charge in [0.25, 0.3) is 5.91 Å². The first-order chi connectivity index (χ1) is 19.9. The number of anilines is 3. The molecule has 10 nitrogen and oxygen atoms in total. The van der Waals surface area contributed by atoms with E-state index in [-0.39, 0.29) is 17.9 Å². The minimum atomic E-state index is -0.0521. The molecule has 41 heavy (non-hydrogen) atoms. The van der Waals surface area contributed by atoms with Crippen molar-refractivity contribution in [3.8, 4) is 6.01 Å². The fraction of sp³-hybridized carbons (Fsp3) is 0.233. The second-order valence-corrected chi connectivity index (χ2v) is 10.0. The van der Waals surface area contributed by atoms with Gasteiger partial charge in [-0.3, -0.25) is 10.2 Å². The lowest BCUT2D eigenvalue weighted by Crippen LogP contribution is -2.49. The van der Waals surface area contributed by atoms with Gasteiger partial charge >= 0.3 is 6.01 Å². The fourth-order valence-corrected chi connectivity index (χ4v) is 4.47. The van der Waals surface area contributed by atoms with Crippen molar-refractivity contribution in [2.75, 3.05) is 36.8 Å². The number of benzene rings is 3. The van der Waals surface area contributed by atoms with E-state index in [0.717, 1.165) is 11.1 Å². The Hall–Kier alpha value is -4.70. The zero-order valence-electron chi connectivity index (χ0n) is 22.7. The number of amidine groups is 1. The molecule has 1 aliphatic heterocycles. The highest BCUT2D eigenvalue weighted by molar-refractivity contribution is 6.30. The van der Waals surface area contributed by atoms with E-state index in [1.165, 1.54) is 0 Å². The van der Waals surface area contributed by atoms with E-state index >= 15 is 0 Å². The quantitative estimate of drug-likeness (QED) is 0.185. The lowest BCUT2D eigenvalue weighted by Gasteiger charge is -2.35. The standard InChI is InChI=1S/C30H31ClN8O2/c1-21(32)38-14-16-39(17-15-38)27(40)24-8-5-9-26(18-24)34-29-35-28(33-19-22-10-12-25(31)13-11-22)36-30(37-29)41-20-23-6-3-2-4-7-23/h2-13,18,32H,14-17,19-20H2,1H3,(H2,33,34,35,36,37). The van der Waals surface area contributed by atoms with Gasteiger partial charge < -0.3 is 25.2 Å².